The lowest BCUT2D eigenvalue weighted by Crippen LogP contribution is -2.43. The molecule has 0 atom stereocenters. The van der Waals surface area contributed by atoms with Gasteiger partial charge in [0, 0.05) is 44.2 Å². The highest BCUT2D eigenvalue weighted by atomic mass is 19.4. The zero-order valence-corrected chi connectivity index (χ0v) is 21.3. The Bertz CT molecular complexity index is 1410. The third-order valence-corrected chi connectivity index (χ3v) is 6.66. The van der Waals surface area contributed by atoms with Gasteiger partial charge in [-0.15, -0.1) is 0 Å². The molecule has 1 fully saturated rings. The van der Waals surface area contributed by atoms with E-state index in [0.29, 0.717) is 24.3 Å². The van der Waals surface area contributed by atoms with Gasteiger partial charge in [0.25, 0.3) is 5.91 Å². The normalized spacial score (nSPS) is 15.9. The SMILES string of the molecule is CC(C)N1C(=O)COc2c1cc(-c1nc(Cc3ccc(N4CCNCC4)c(F)c3)ncc1F)cc2C(F)(F)F. The van der Waals surface area contributed by atoms with Gasteiger partial charge in [-0.1, -0.05) is 6.07 Å². The molecule has 3 heterocycles. The lowest BCUT2D eigenvalue weighted by molar-refractivity contribution is -0.140. The van der Waals surface area contributed by atoms with Crippen LogP contribution in [0.2, 0.25) is 0 Å². The van der Waals surface area contributed by atoms with Crippen LogP contribution in [-0.4, -0.2) is 54.7 Å². The molecule has 2 aliphatic rings. The van der Waals surface area contributed by atoms with E-state index >= 15 is 0 Å². The van der Waals surface area contributed by atoms with Gasteiger partial charge in [-0.25, -0.2) is 18.7 Å². The molecular formula is C27H26F5N5O2. The molecule has 1 N–H and O–H groups in total. The number of carbonyl (C=O) groups excluding carboxylic acids is 1. The van der Waals surface area contributed by atoms with Crippen LogP contribution in [0.5, 0.6) is 5.75 Å². The summed E-state index contributed by atoms with van der Waals surface area (Å²) in [5.41, 5.74) is -0.814. The maximum atomic E-state index is 14.9. The first-order valence-corrected chi connectivity index (χ1v) is 12.5. The summed E-state index contributed by atoms with van der Waals surface area (Å²) >= 11 is 0. The second kappa shape index (κ2) is 10.4. The number of piperazine rings is 1. The number of ether oxygens (including phenoxy) is 1. The van der Waals surface area contributed by atoms with Gasteiger partial charge in [-0.3, -0.25) is 4.79 Å². The lowest BCUT2D eigenvalue weighted by Gasteiger charge is -2.34. The van der Waals surface area contributed by atoms with E-state index in [0.717, 1.165) is 25.4 Å². The Morgan fingerprint density at radius 2 is 1.79 bits per heavy atom. The number of carbonyl (C=O) groups is 1. The number of anilines is 2. The van der Waals surface area contributed by atoms with Gasteiger partial charge in [0.05, 0.1) is 17.6 Å². The van der Waals surface area contributed by atoms with Crippen LogP contribution < -0.4 is 19.9 Å². The van der Waals surface area contributed by atoms with E-state index in [2.05, 4.69) is 15.3 Å². The van der Waals surface area contributed by atoms with Crippen LogP contribution in [0.15, 0.2) is 36.5 Å². The Kier molecular flexibility index (Phi) is 7.15. The van der Waals surface area contributed by atoms with Crippen LogP contribution in [0.1, 0.15) is 30.8 Å². The summed E-state index contributed by atoms with van der Waals surface area (Å²) in [5.74, 6) is -2.27. The molecule has 1 aromatic heterocycles. The van der Waals surface area contributed by atoms with Crippen LogP contribution in [0.4, 0.5) is 33.3 Å². The van der Waals surface area contributed by atoms with E-state index < -0.39 is 47.7 Å². The van der Waals surface area contributed by atoms with E-state index in [9.17, 15) is 26.7 Å². The molecule has 39 heavy (non-hydrogen) atoms. The molecule has 3 aromatic rings. The fourth-order valence-electron chi connectivity index (χ4n) is 4.89. The largest absolute Gasteiger partial charge is 0.481 e. The molecule has 2 aliphatic heterocycles. The number of aromatic nitrogens is 2. The van der Waals surface area contributed by atoms with Crippen molar-refractivity contribution in [2.45, 2.75) is 32.5 Å². The van der Waals surface area contributed by atoms with Crippen molar-refractivity contribution in [1.82, 2.24) is 15.3 Å². The predicted molar refractivity (Wildman–Crippen MR) is 135 cm³/mol. The number of nitrogens with zero attached hydrogens (tertiary/aromatic N) is 4. The monoisotopic (exact) mass is 547 g/mol. The number of amides is 1. The van der Waals surface area contributed by atoms with Crippen molar-refractivity contribution >= 4 is 17.3 Å². The van der Waals surface area contributed by atoms with Crippen molar-refractivity contribution < 1.29 is 31.5 Å². The number of rotatable bonds is 5. The van der Waals surface area contributed by atoms with E-state index in [4.69, 9.17) is 4.74 Å². The summed E-state index contributed by atoms with van der Waals surface area (Å²) in [7, 11) is 0. The molecule has 0 saturated carbocycles. The van der Waals surface area contributed by atoms with Crippen molar-refractivity contribution in [1.29, 1.82) is 0 Å². The van der Waals surface area contributed by atoms with Gasteiger partial charge in [0.2, 0.25) is 0 Å². The Balaban J connectivity index is 1.52. The summed E-state index contributed by atoms with van der Waals surface area (Å²) in [6, 6.07) is 6.28. The summed E-state index contributed by atoms with van der Waals surface area (Å²) < 4.78 is 77.0. The van der Waals surface area contributed by atoms with Crippen LogP contribution >= 0.6 is 0 Å². The minimum absolute atomic E-state index is 0.0306. The van der Waals surface area contributed by atoms with Crippen molar-refractivity contribution in [2.24, 2.45) is 0 Å². The van der Waals surface area contributed by atoms with Gasteiger partial charge in [-0.05, 0) is 43.7 Å². The fourth-order valence-corrected chi connectivity index (χ4v) is 4.89. The highest BCUT2D eigenvalue weighted by Crippen LogP contribution is 2.46. The molecule has 1 saturated heterocycles. The first-order chi connectivity index (χ1) is 18.5. The van der Waals surface area contributed by atoms with Gasteiger partial charge in [-0.2, -0.15) is 13.2 Å². The van der Waals surface area contributed by atoms with Crippen molar-refractivity contribution in [3.8, 4) is 17.0 Å². The number of nitrogens with one attached hydrogen (secondary N) is 1. The quantitative estimate of drug-likeness (QED) is 0.472. The fraction of sp³-hybridized carbons (Fsp3) is 0.370. The smallest absolute Gasteiger partial charge is 0.420 e. The van der Waals surface area contributed by atoms with Crippen molar-refractivity contribution in [2.75, 3.05) is 42.6 Å². The summed E-state index contributed by atoms with van der Waals surface area (Å²) in [4.78, 5) is 23.8. The van der Waals surface area contributed by atoms with E-state index in [1.54, 1.807) is 26.0 Å². The van der Waals surface area contributed by atoms with E-state index in [-0.39, 0.29) is 29.2 Å². The Morgan fingerprint density at radius 3 is 2.46 bits per heavy atom. The molecule has 1 amide bonds. The minimum Gasteiger partial charge on any atom is -0.481 e. The maximum absolute atomic E-state index is 14.9. The molecule has 0 aliphatic carbocycles. The number of alkyl halides is 3. The average Bonchev–Trinajstić information content (AvgIpc) is 2.89. The lowest BCUT2D eigenvalue weighted by atomic mass is 10.0. The molecule has 5 rings (SSSR count). The first-order valence-electron chi connectivity index (χ1n) is 12.5. The zero-order valence-electron chi connectivity index (χ0n) is 21.3. The topological polar surface area (TPSA) is 70.6 Å². The van der Waals surface area contributed by atoms with Crippen LogP contribution in [0.25, 0.3) is 11.3 Å². The summed E-state index contributed by atoms with van der Waals surface area (Å²) in [6.45, 7) is 5.62. The van der Waals surface area contributed by atoms with Gasteiger partial charge < -0.3 is 19.9 Å². The van der Waals surface area contributed by atoms with Gasteiger partial charge >= 0.3 is 6.18 Å². The maximum Gasteiger partial charge on any atom is 0.420 e. The molecule has 7 nitrogen and oxygen atoms in total. The molecule has 0 radical (unpaired) electrons. The number of halogens is 5. The Labute approximate surface area is 221 Å². The molecule has 0 bridgehead atoms. The highest BCUT2D eigenvalue weighted by molar-refractivity contribution is 5.99. The minimum atomic E-state index is -4.83. The molecule has 0 spiro atoms. The number of benzene rings is 2. The Hall–Kier alpha value is -3.80. The molecule has 206 valence electrons. The highest BCUT2D eigenvalue weighted by Gasteiger charge is 2.40. The van der Waals surface area contributed by atoms with Crippen molar-refractivity contribution in [3.63, 3.8) is 0 Å². The van der Waals surface area contributed by atoms with Gasteiger partial charge in [0.1, 0.15) is 22.9 Å². The number of fused-ring (bicyclic) bond motifs is 1. The predicted octanol–water partition coefficient (Wildman–Crippen LogP) is 4.57. The second-order valence-corrected chi connectivity index (χ2v) is 9.70. The molecule has 0 unspecified atom stereocenters. The van der Waals surface area contributed by atoms with Crippen LogP contribution in [0.3, 0.4) is 0 Å². The molecule has 2 aromatic carbocycles. The number of hydrogen-bond donors (Lipinski definition) is 1. The second-order valence-electron chi connectivity index (χ2n) is 9.70. The third-order valence-electron chi connectivity index (χ3n) is 6.66. The molecule has 12 heteroatoms. The molecular weight excluding hydrogens is 521 g/mol. The van der Waals surface area contributed by atoms with E-state index in [1.807, 2.05) is 4.90 Å². The number of hydrogen-bond acceptors (Lipinski definition) is 6. The first kappa shape index (κ1) is 26.8. The summed E-state index contributed by atoms with van der Waals surface area (Å²) in [6.07, 6.45) is -3.93. The van der Waals surface area contributed by atoms with Crippen LogP contribution in [-0.2, 0) is 17.4 Å². The van der Waals surface area contributed by atoms with Crippen molar-refractivity contribution in [3.05, 3.63) is 65.1 Å². The van der Waals surface area contributed by atoms with Crippen LogP contribution in [0, 0.1) is 11.6 Å². The van der Waals surface area contributed by atoms with Gasteiger partial charge in [0.15, 0.2) is 18.2 Å². The Morgan fingerprint density at radius 1 is 1.05 bits per heavy atom. The summed E-state index contributed by atoms with van der Waals surface area (Å²) in [5, 5.41) is 3.21. The zero-order chi connectivity index (χ0) is 27.9. The van der Waals surface area contributed by atoms with E-state index in [1.165, 1.54) is 17.0 Å². The third kappa shape index (κ3) is 5.38. The average molecular weight is 548 g/mol. The standard InChI is InChI=1S/C27H26F5N5O2/c1-15(2)37-22-12-17(11-18(27(30,31)32)26(22)39-14-24(37)38)25-20(29)13-34-23(35-25)10-16-3-4-21(19(28)9-16)36-7-5-33-6-8-36/h3-4,9,11-13,15,33H,5-8,10,14H2,1-2H3.